The Bertz CT molecular complexity index is 601. The van der Waals surface area contributed by atoms with E-state index in [0.29, 0.717) is 5.92 Å². The maximum Gasteiger partial charge on any atom is 0.190 e. The number of benzene rings is 1. The van der Waals surface area contributed by atoms with Crippen LogP contribution >= 0.6 is 0 Å². The highest BCUT2D eigenvalue weighted by molar-refractivity contribution is 5.79. The molecule has 1 aromatic heterocycles. The van der Waals surface area contributed by atoms with Gasteiger partial charge in [0.2, 0.25) is 0 Å². The summed E-state index contributed by atoms with van der Waals surface area (Å²) in [6.45, 7) is 6.95. The van der Waals surface area contributed by atoms with Crippen LogP contribution < -0.4 is 10.6 Å². The van der Waals surface area contributed by atoms with Crippen molar-refractivity contribution in [1.82, 2.24) is 20.2 Å². The molecule has 0 aliphatic heterocycles. The molecule has 0 bridgehead atoms. The van der Waals surface area contributed by atoms with Crippen LogP contribution in [0.1, 0.15) is 25.2 Å². The molecule has 5 nitrogen and oxygen atoms in total. The van der Waals surface area contributed by atoms with E-state index in [1.165, 1.54) is 5.56 Å². The second-order valence-electron chi connectivity index (χ2n) is 5.98. The Morgan fingerprint density at radius 3 is 2.70 bits per heavy atom. The lowest BCUT2D eigenvalue weighted by molar-refractivity contribution is 0.612. The largest absolute Gasteiger partial charge is 0.356 e. The Hall–Kier alpha value is -2.30. The predicted octanol–water partition coefficient (Wildman–Crippen LogP) is 2.29. The van der Waals surface area contributed by atoms with E-state index in [0.717, 1.165) is 37.8 Å². The number of imidazole rings is 1. The lowest BCUT2D eigenvalue weighted by atomic mass is 10.2. The molecule has 0 saturated heterocycles. The third-order valence-electron chi connectivity index (χ3n) is 3.54. The highest BCUT2D eigenvalue weighted by Gasteiger charge is 2.05. The van der Waals surface area contributed by atoms with Gasteiger partial charge >= 0.3 is 0 Å². The molecule has 0 unspecified atom stereocenters. The van der Waals surface area contributed by atoms with Gasteiger partial charge in [0.1, 0.15) is 5.82 Å². The van der Waals surface area contributed by atoms with Gasteiger partial charge in [-0.2, -0.15) is 0 Å². The van der Waals surface area contributed by atoms with Crippen molar-refractivity contribution in [1.29, 1.82) is 0 Å². The van der Waals surface area contributed by atoms with Crippen LogP contribution in [-0.4, -0.2) is 35.6 Å². The first-order valence-electron chi connectivity index (χ1n) is 8.17. The van der Waals surface area contributed by atoms with Crippen LogP contribution in [0.2, 0.25) is 0 Å². The maximum atomic E-state index is 4.47. The van der Waals surface area contributed by atoms with E-state index in [1.54, 1.807) is 7.05 Å². The molecule has 124 valence electrons. The Morgan fingerprint density at radius 2 is 2.00 bits per heavy atom. The molecule has 0 aliphatic carbocycles. The van der Waals surface area contributed by atoms with E-state index in [9.17, 15) is 0 Å². The number of hydrogen-bond acceptors (Lipinski definition) is 2. The zero-order valence-corrected chi connectivity index (χ0v) is 14.3. The first kappa shape index (κ1) is 17.1. The molecule has 2 rings (SSSR count). The standard InChI is InChI=1S/C18H27N5/c1-15(2)13-22-18(19-3)21-10-9-17-20-11-12-23(17)14-16-7-5-4-6-8-16/h4-8,11-12,15H,9-10,13-14H2,1-3H3,(H2,19,21,22). The highest BCUT2D eigenvalue weighted by atomic mass is 15.2. The lowest BCUT2D eigenvalue weighted by Gasteiger charge is -2.14. The number of nitrogens with zero attached hydrogens (tertiary/aromatic N) is 3. The van der Waals surface area contributed by atoms with Crippen molar-refractivity contribution >= 4 is 5.96 Å². The Kier molecular flexibility index (Phi) is 6.66. The van der Waals surface area contributed by atoms with E-state index in [4.69, 9.17) is 0 Å². The molecule has 0 aliphatic rings. The van der Waals surface area contributed by atoms with Crippen molar-refractivity contribution in [2.75, 3.05) is 20.1 Å². The summed E-state index contributed by atoms with van der Waals surface area (Å²) in [5.41, 5.74) is 1.29. The molecule has 0 fully saturated rings. The molecule has 1 heterocycles. The average Bonchev–Trinajstić information content (AvgIpc) is 2.98. The Labute approximate surface area is 138 Å². The van der Waals surface area contributed by atoms with Crippen molar-refractivity contribution in [2.24, 2.45) is 10.9 Å². The summed E-state index contributed by atoms with van der Waals surface area (Å²) in [6.07, 6.45) is 4.76. The summed E-state index contributed by atoms with van der Waals surface area (Å²) in [4.78, 5) is 8.71. The molecule has 23 heavy (non-hydrogen) atoms. The minimum atomic E-state index is 0.596. The monoisotopic (exact) mass is 313 g/mol. The molecule has 1 aromatic carbocycles. The molecule has 0 atom stereocenters. The summed E-state index contributed by atoms with van der Waals surface area (Å²) in [5.74, 6) is 2.53. The van der Waals surface area contributed by atoms with Crippen LogP contribution in [0.5, 0.6) is 0 Å². The molecule has 2 aromatic rings. The number of rotatable bonds is 7. The van der Waals surface area contributed by atoms with Crippen LogP contribution in [0, 0.1) is 5.92 Å². The van der Waals surface area contributed by atoms with Crippen molar-refractivity contribution in [3.8, 4) is 0 Å². The van der Waals surface area contributed by atoms with Gasteiger partial charge in [0.25, 0.3) is 0 Å². The maximum absolute atomic E-state index is 4.47. The molecule has 2 N–H and O–H groups in total. The van der Waals surface area contributed by atoms with Crippen molar-refractivity contribution < 1.29 is 0 Å². The fraction of sp³-hybridized carbons (Fsp3) is 0.444. The van der Waals surface area contributed by atoms with Gasteiger partial charge < -0.3 is 15.2 Å². The fourth-order valence-corrected chi connectivity index (χ4v) is 2.31. The van der Waals surface area contributed by atoms with E-state index >= 15 is 0 Å². The van der Waals surface area contributed by atoms with Gasteiger partial charge in [-0.1, -0.05) is 44.2 Å². The summed E-state index contributed by atoms with van der Waals surface area (Å²) < 4.78 is 2.20. The lowest BCUT2D eigenvalue weighted by Crippen LogP contribution is -2.40. The Balaban J connectivity index is 1.83. The topological polar surface area (TPSA) is 54.2 Å². The van der Waals surface area contributed by atoms with E-state index in [2.05, 4.69) is 63.3 Å². The fourth-order valence-electron chi connectivity index (χ4n) is 2.31. The summed E-state index contributed by atoms with van der Waals surface area (Å²) >= 11 is 0. The van der Waals surface area contributed by atoms with Gasteiger partial charge in [-0.15, -0.1) is 0 Å². The normalized spacial score (nSPS) is 11.7. The zero-order valence-electron chi connectivity index (χ0n) is 14.3. The minimum absolute atomic E-state index is 0.596. The molecular weight excluding hydrogens is 286 g/mol. The number of nitrogens with one attached hydrogen (secondary N) is 2. The van der Waals surface area contributed by atoms with E-state index < -0.39 is 0 Å². The van der Waals surface area contributed by atoms with Crippen LogP contribution in [-0.2, 0) is 13.0 Å². The molecule has 0 spiro atoms. The third kappa shape index (κ3) is 5.77. The quantitative estimate of drug-likeness (QED) is 0.609. The second kappa shape index (κ2) is 8.98. The SMILES string of the molecule is CN=C(NCCc1nccn1Cc1ccccc1)NCC(C)C. The highest BCUT2D eigenvalue weighted by Crippen LogP contribution is 2.05. The molecule has 0 radical (unpaired) electrons. The summed E-state index contributed by atoms with van der Waals surface area (Å²) in [5, 5.41) is 6.65. The smallest absolute Gasteiger partial charge is 0.190 e. The Morgan fingerprint density at radius 1 is 1.22 bits per heavy atom. The molecule has 0 saturated carbocycles. The van der Waals surface area contributed by atoms with Crippen molar-refractivity contribution in [3.05, 3.63) is 54.1 Å². The van der Waals surface area contributed by atoms with Crippen LogP contribution in [0.3, 0.4) is 0 Å². The van der Waals surface area contributed by atoms with E-state index in [1.807, 2.05) is 18.5 Å². The first-order valence-corrected chi connectivity index (χ1v) is 8.17. The molecular formula is C18H27N5. The third-order valence-corrected chi connectivity index (χ3v) is 3.54. The number of guanidine groups is 1. The number of hydrogen-bond donors (Lipinski definition) is 2. The second-order valence-corrected chi connectivity index (χ2v) is 5.98. The number of aliphatic imine (C=N–C) groups is 1. The van der Waals surface area contributed by atoms with Crippen molar-refractivity contribution in [2.45, 2.75) is 26.8 Å². The minimum Gasteiger partial charge on any atom is -0.356 e. The molecule has 0 amide bonds. The van der Waals surface area contributed by atoms with Gasteiger partial charge in [0.15, 0.2) is 5.96 Å². The first-order chi connectivity index (χ1) is 11.2. The van der Waals surface area contributed by atoms with Crippen LogP contribution in [0.15, 0.2) is 47.7 Å². The van der Waals surface area contributed by atoms with Gasteiger partial charge in [-0.25, -0.2) is 4.98 Å². The predicted molar refractivity (Wildman–Crippen MR) is 95.7 cm³/mol. The zero-order chi connectivity index (χ0) is 16.5. The van der Waals surface area contributed by atoms with E-state index in [-0.39, 0.29) is 0 Å². The summed E-state index contributed by atoms with van der Waals surface area (Å²) in [6, 6.07) is 10.5. The van der Waals surface area contributed by atoms with Gasteiger partial charge in [0, 0.05) is 45.5 Å². The number of aromatic nitrogens is 2. The van der Waals surface area contributed by atoms with Gasteiger partial charge in [-0.05, 0) is 11.5 Å². The average molecular weight is 313 g/mol. The molecule has 5 heteroatoms. The summed E-state index contributed by atoms with van der Waals surface area (Å²) in [7, 11) is 1.80. The van der Waals surface area contributed by atoms with Crippen LogP contribution in [0.25, 0.3) is 0 Å². The van der Waals surface area contributed by atoms with Gasteiger partial charge in [0.05, 0.1) is 0 Å². The van der Waals surface area contributed by atoms with Gasteiger partial charge in [-0.3, -0.25) is 4.99 Å². The van der Waals surface area contributed by atoms with Crippen LogP contribution in [0.4, 0.5) is 0 Å². The van der Waals surface area contributed by atoms with Crippen molar-refractivity contribution in [3.63, 3.8) is 0 Å².